The molecule has 1 N–H and O–H groups in total. The molecule has 1 unspecified atom stereocenters. The average Bonchev–Trinajstić information content (AvgIpc) is 2.69. The van der Waals surface area contributed by atoms with E-state index in [0.29, 0.717) is 12.8 Å². The molecule has 0 aliphatic carbocycles. The largest absolute Gasteiger partial charge is 0.396 e. The van der Waals surface area contributed by atoms with E-state index in [1.54, 1.807) is 0 Å². The zero-order chi connectivity index (χ0) is 13.7. The Labute approximate surface area is 115 Å². The Balaban J connectivity index is 2.16. The number of likely N-dealkylation sites (tertiary alicyclic amines) is 1. The Morgan fingerprint density at radius 1 is 1.42 bits per heavy atom. The zero-order valence-electron chi connectivity index (χ0n) is 11.7. The molecule has 1 atom stereocenters. The third-order valence-electron chi connectivity index (χ3n) is 3.95. The summed E-state index contributed by atoms with van der Waals surface area (Å²) >= 11 is 0. The standard InChI is InChI=1S/C15H24N2O2/c1-16-10-5-8-13(16)14-7-3-2-4-11-17(14)15(19)9-6-12-18/h5,8,10,14,18H,2-4,6-7,9,11-12H2,1H3. The summed E-state index contributed by atoms with van der Waals surface area (Å²) in [4.78, 5) is 14.4. The molecule has 1 amide bonds. The van der Waals surface area contributed by atoms with Crippen molar-refractivity contribution in [3.63, 3.8) is 0 Å². The number of aliphatic hydroxyl groups is 1. The highest BCUT2D eigenvalue weighted by Crippen LogP contribution is 2.30. The lowest BCUT2D eigenvalue weighted by Crippen LogP contribution is -2.35. The second-order valence-electron chi connectivity index (χ2n) is 5.32. The van der Waals surface area contributed by atoms with Crippen LogP contribution in [0.4, 0.5) is 0 Å². The molecule has 4 nitrogen and oxygen atoms in total. The number of carbonyl (C=O) groups excluding carboxylic acids is 1. The predicted molar refractivity (Wildman–Crippen MR) is 74.7 cm³/mol. The summed E-state index contributed by atoms with van der Waals surface area (Å²) in [6, 6.07) is 4.35. The topological polar surface area (TPSA) is 45.5 Å². The molecule has 1 aromatic heterocycles. The molecular weight excluding hydrogens is 240 g/mol. The number of hydrogen-bond donors (Lipinski definition) is 1. The van der Waals surface area contributed by atoms with Gasteiger partial charge in [0.05, 0.1) is 6.04 Å². The number of amides is 1. The summed E-state index contributed by atoms with van der Waals surface area (Å²) in [5, 5.41) is 8.89. The van der Waals surface area contributed by atoms with Gasteiger partial charge in [-0.25, -0.2) is 0 Å². The Hall–Kier alpha value is -1.29. The molecule has 2 rings (SSSR count). The van der Waals surface area contributed by atoms with Crippen LogP contribution in [0.5, 0.6) is 0 Å². The van der Waals surface area contributed by atoms with Gasteiger partial charge in [-0.05, 0) is 31.4 Å². The number of aromatic nitrogens is 1. The van der Waals surface area contributed by atoms with Crippen LogP contribution in [0.25, 0.3) is 0 Å². The minimum absolute atomic E-state index is 0.0917. The van der Waals surface area contributed by atoms with Gasteiger partial charge in [-0.1, -0.05) is 12.8 Å². The monoisotopic (exact) mass is 264 g/mol. The van der Waals surface area contributed by atoms with Gasteiger partial charge in [-0.2, -0.15) is 0 Å². The van der Waals surface area contributed by atoms with Gasteiger partial charge in [0.2, 0.25) is 5.91 Å². The fourth-order valence-electron chi connectivity index (χ4n) is 2.91. The van der Waals surface area contributed by atoms with Crippen molar-refractivity contribution in [3.05, 3.63) is 24.0 Å². The zero-order valence-corrected chi connectivity index (χ0v) is 11.7. The van der Waals surface area contributed by atoms with Gasteiger partial charge in [-0.3, -0.25) is 4.79 Å². The molecule has 4 heteroatoms. The van der Waals surface area contributed by atoms with E-state index in [-0.39, 0.29) is 18.6 Å². The molecule has 106 valence electrons. The lowest BCUT2D eigenvalue weighted by atomic mass is 10.1. The predicted octanol–water partition coefficient (Wildman–Crippen LogP) is 2.24. The molecule has 0 radical (unpaired) electrons. The summed E-state index contributed by atoms with van der Waals surface area (Å²) in [5.74, 6) is 0.183. The van der Waals surface area contributed by atoms with Crippen LogP contribution in [0.3, 0.4) is 0 Å². The van der Waals surface area contributed by atoms with Gasteiger partial charge in [-0.15, -0.1) is 0 Å². The van der Waals surface area contributed by atoms with Crippen LogP contribution in [-0.4, -0.2) is 33.6 Å². The number of rotatable bonds is 4. The number of aryl methyl sites for hydroxylation is 1. The van der Waals surface area contributed by atoms with E-state index in [9.17, 15) is 4.79 Å². The fraction of sp³-hybridized carbons (Fsp3) is 0.667. The first-order valence-corrected chi connectivity index (χ1v) is 7.25. The molecule has 0 aromatic carbocycles. The van der Waals surface area contributed by atoms with Crippen molar-refractivity contribution in [1.82, 2.24) is 9.47 Å². The van der Waals surface area contributed by atoms with E-state index in [1.165, 1.54) is 18.5 Å². The van der Waals surface area contributed by atoms with Crippen LogP contribution in [0.15, 0.2) is 18.3 Å². The van der Waals surface area contributed by atoms with E-state index in [4.69, 9.17) is 5.11 Å². The second kappa shape index (κ2) is 6.75. The summed E-state index contributed by atoms with van der Waals surface area (Å²) in [6.07, 6.45) is 7.57. The first-order chi connectivity index (χ1) is 9.24. The maximum atomic E-state index is 12.3. The van der Waals surface area contributed by atoms with Crippen molar-refractivity contribution >= 4 is 5.91 Å². The van der Waals surface area contributed by atoms with Crippen LogP contribution < -0.4 is 0 Å². The third-order valence-corrected chi connectivity index (χ3v) is 3.95. The van der Waals surface area contributed by atoms with Gasteiger partial charge in [0.15, 0.2) is 0 Å². The second-order valence-corrected chi connectivity index (χ2v) is 5.32. The molecule has 19 heavy (non-hydrogen) atoms. The fourth-order valence-corrected chi connectivity index (χ4v) is 2.91. The van der Waals surface area contributed by atoms with Gasteiger partial charge >= 0.3 is 0 Å². The van der Waals surface area contributed by atoms with Crippen LogP contribution >= 0.6 is 0 Å². The molecule has 1 aromatic rings. The van der Waals surface area contributed by atoms with Crippen LogP contribution in [0.2, 0.25) is 0 Å². The highest BCUT2D eigenvalue weighted by Gasteiger charge is 2.27. The number of aliphatic hydroxyl groups excluding tert-OH is 1. The maximum absolute atomic E-state index is 12.3. The minimum Gasteiger partial charge on any atom is -0.396 e. The lowest BCUT2D eigenvalue weighted by Gasteiger charge is -2.30. The lowest BCUT2D eigenvalue weighted by molar-refractivity contribution is -0.134. The summed E-state index contributed by atoms with van der Waals surface area (Å²) in [6.45, 7) is 0.939. The smallest absolute Gasteiger partial charge is 0.223 e. The summed E-state index contributed by atoms with van der Waals surface area (Å²) in [5.41, 5.74) is 1.22. The van der Waals surface area contributed by atoms with Crippen molar-refractivity contribution in [3.8, 4) is 0 Å². The van der Waals surface area contributed by atoms with Crippen LogP contribution in [0.1, 0.15) is 50.3 Å². The van der Waals surface area contributed by atoms with E-state index in [1.807, 2.05) is 24.2 Å². The van der Waals surface area contributed by atoms with Gasteiger partial charge in [0.25, 0.3) is 0 Å². The molecule has 1 fully saturated rings. The molecular formula is C15H24N2O2. The van der Waals surface area contributed by atoms with Crippen molar-refractivity contribution < 1.29 is 9.90 Å². The molecule has 0 bridgehead atoms. The van der Waals surface area contributed by atoms with Crippen molar-refractivity contribution in [1.29, 1.82) is 0 Å². The Kier molecular flexibility index (Phi) is 5.02. The summed E-state index contributed by atoms with van der Waals surface area (Å²) in [7, 11) is 2.04. The van der Waals surface area contributed by atoms with Crippen LogP contribution in [-0.2, 0) is 11.8 Å². The quantitative estimate of drug-likeness (QED) is 0.906. The highest BCUT2D eigenvalue weighted by molar-refractivity contribution is 5.76. The molecule has 1 aliphatic rings. The van der Waals surface area contributed by atoms with Gasteiger partial charge in [0.1, 0.15) is 0 Å². The number of nitrogens with zero attached hydrogens (tertiary/aromatic N) is 2. The molecule has 0 saturated carbocycles. The van der Waals surface area contributed by atoms with E-state index >= 15 is 0 Å². The minimum atomic E-state index is 0.0917. The number of carbonyl (C=O) groups is 1. The Morgan fingerprint density at radius 3 is 2.95 bits per heavy atom. The normalized spacial score (nSPS) is 20.3. The van der Waals surface area contributed by atoms with Crippen molar-refractivity contribution in [2.24, 2.45) is 7.05 Å². The van der Waals surface area contributed by atoms with E-state index < -0.39 is 0 Å². The maximum Gasteiger partial charge on any atom is 0.223 e. The Morgan fingerprint density at radius 2 is 2.26 bits per heavy atom. The first kappa shape index (κ1) is 14.1. The molecule has 1 saturated heterocycles. The van der Waals surface area contributed by atoms with E-state index in [2.05, 4.69) is 10.6 Å². The number of hydrogen-bond acceptors (Lipinski definition) is 2. The van der Waals surface area contributed by atoms with Crippen molar-refractivity contribution in [2.45, 2.75) is 44.6 Å². The molecule has 0 spiro atoms. The molecule has 2 heterocycles. The van der Waals surface area contributed by atoms with Crippen molar-refractivity contribution in [2.75, 3.05) is 13.2 Å². The summed E-state index contributed by atoms with van der Waals surface area (Å²) < 4.78 is 2.11. The van der Waals surface area contributed by atoms with Gasteiger partial charge < -0.3 is 14.6 Å². The SMILES string of the molecule is Cn1cccc1C1CCCCCN1C(=O)CCCO. The van der Waals surface area contributed by atoms with Crippen LogP contribution in [0, 0.1) is 0 Å². The highest BCUT2D eigenvalue weighted by atomic mass is 16.3. The molecule has 1 aliphatic heterocycles. The van der Waals surface area contributed by atoms with Gasteiger partial charge in [0, 0.05) is 38.5 Å². The van der Waals surface area contributed by atoms with E-state index in [0.717, 1.165) is 19.4 Å². The Bertz CT molecular complexity index is 414. The first-order valence-electron chi connectivity index (χ1n) is 7.25. The average molecular weight is 264 g/mol. The third kappa shape index (κ3) is 3.38.